The van der Waals surface area contributed by atoms with Crippen molar-refractivity contribution < 1.29 is 19.2 Å². The van der Waals surface area contributed by atoms with E-state index in [2.05, 4.69) is 0 Å². The van der Waals surface area contributed by atoms with Gasteiger partial charge in [0.1, 0.15) is 0 Å². The molecule has 0 aromatic heterocycles. The summed E-state index contributed by atoms with van der Waals surface area (Å²) >= 11 is 0. The van der Waals surface area contributed by atoms with E-state index in [1.807, 2.05) is 0 Å². The van der Waals surface area contributed by atoms with Gasteiger partial charge in [-0.1, -0.05) is 24.3 Å². The highest BCUT2D eigenvalue weighted by Crippen LogP contribution is 2.31. The van der Waals surface area contributed by atoms with Crippen molar-refractivity contribution in [1.29, 1.82) is 0 Å². The van der Waals surface area contributed by atoms with Crippen LogP contribution >= 0.6 is 0 Å². The van der Waals surface area contributed by atoms with Crippen molar-refractivity contribution in [3.05, 3.63) is 70.8 Å². The summed E-state index contributed by atoms with van der Waals surface area (Å²) in [7, 11) is -0.378. The molecule has 0 atom stereocenters. The molecule has 0 N–H and O–H groups in total. The van der Waals surface area contributed by atoms with E-state index in [0.717, 1.165) is 9.47 Å². The SMILES string of the molecule is CC(C)([Si]N1C(=O)c2ccccc2C1=O)N1C(=O)c2ccccc2C1=O. The molecule has 4 amide bonds. The number of fused-ring (bicyclic) bond motifs is 2. The number of amides is 4. The molecular weight excluding hydrogens is 348 g/mol. The quantitative estimate of drug-likeness (QED) is 0.618. The number of nitrogens with zero attached hydrogens (tertiary/aromatic N) is 2. The highest BCUT2D eigenvalue weighted by molar-refractivity contribution is 6.51. The van der Waals surface area contributed by atoms with E-state index in [0.29, 0.717) is 22.3 Å². The zero-order chi connectivity index (χ0) is 18.6. The third kappa shape index (κ3) is 2.17. The van der Waals surface area contributed by atoms with Crippen LogP contribution in [0.4, 0.5) is 0 Å². The Balaban J connectivity index is 1.65. The lowest BCUT2D eigenvalue weighted by atomic mass is 10.1. The van der Waals surface area contributed by atoms with Gasteiger partial charge in [0.05, 0.1) is 27.4 Å². The fourth-order valence-corrected chi connectivity index (χ4v) is 4.61. The van der Waals surface area contributed by atoms with E-state index in [1.54, 1.807) is 62.4 Å². The third-order valence-electron chi connectivity index (χ3n) is 4.53. The van der Waals surface area contributed by atoms with Crippen LogP contribution in [-0.4, -0.2) is 47.9 Å². The number of carbonyl (C=O) groups is 4. The second-order valence-corrected chi connectivity index (χ2v) is 8.55. The normalized spacial score (nSPS) is 16.4. The van der Waals surface area contributed by atoms with Gasteiger partial charge < -0.3 is 4.57 Å². The maximum absolute atomic E-state index is 12.7. The topological polar surface area (TPSA) is 74.8 Å². The van der Waals surface area contributed by atoms with Crippen LogP contribution in [0.2, 0.25) is 0 Å². The molecule has 26 heavy (non-hydrogen) atoms. The molecule has 0 aliphatic carbocycles. The van der Waals surface area contributed by atoms with Gasteiger partial charge in [0, 0.05) is 0 Å². The number of hydrogen-bond acceptors (Lipinski definition) is 4. The Kier molecular flexibility index (Phi) is 3.45. The van der Waals surface area contributed by atoms with Crippen molar-refractivity contribution in [2.24, 2.45) is 0 Å². The van der Waals surface area contributed by atoms with Crippen LogP contribution in [-0.2, 0) is 0 Å². The van der Waals surface area contributed by atoms with Gasteiger partial charge in [-0.3, -0.25) is 24.1 Å². The molecule has 0 saturated heterocycles. The number of rotatable bonds is 3. The van der Waals surface area contributed by atoms with Crippen molar-refractivity contribution >= 4 is 33.3 Å². The molecular formula is C19H14N2O4Si. The van der Waals surface area contributed by atoms with E-state index in [9.17, 15) is 19.2 Å². The summed E-state index contributed by atoms with van der Waals surface area (Å²) in [6.45, 7) is 3.38. The fourth-order valence-electron chi connectivity index (χ4n) is 3.31. The van der Waals surface area contributed by atoms with Gasteiger partial charge in [-0.05, 0) is 38.1 Å². The molecule has 0 spiro atoms. The highest BCUT2D eigenvalue weighted by atomic mass is 28.2. The van der Waals surface area contributed by atoms with E-state index in [4.69, 9.17) is 0 Å². The molecule has 4 rings (SSSR count). The maximum atomic E-state index is 12.7. The fraction of sp³-hybridized carbons (Fsp3) is 0.158. The third-order valence-corrected chi connectivity index (χ3v) is 5.93. The highest BCUT2D eigenvalue weighted by Gasteiger charge is 2.48. The lowest BCUT2D eigenvalue weighted by Gasteiger charge is -2.35. The van der Waals surface area contributed by atoms with E-state index in [-0.39, 0.29) is 9.68 Å². The summed E-state index contributed by atoms with van der Waals surface area (Å²) in [6.07, 6.45) is 0. The van der Waals surface area contributed by atoms with E-state index < -0.39 is 28.8 Å². The second kappa shape index (κ2) is 5.47. The van der Waals surface area contributed by atoms with Gasteiger partial charge in [0.15, 0.2) is 0 Å². The average molecular weight is 362 g/mol. The Morgan fingerprint density at radius 2 is 1.00 bits per heavy atom. The van der Waals surface area contributed by atoms with Gasteiger partial charge in [-0.25, -0.2) is 0 Å². The van der Waals surface area contributed by atoms with Gasteiger partial charge in [0.2, 0.25) is 9.68 Å². The van der Waals surface area contributed by atoms with Crippen molar-refractivity contribution in [3.63, 3.8) is 0 Å². The first-order valence-corrected chi connectivity index (χ1v) is 9.01. The predicted octanol–water partition coefficient (Wildman–Crippen LogP) is 1.93. The number of benzene rings is 2. The number of hydrogen-bond donors (Lipinski definition) is 0. The molecule has 0 unspecified atom stereocenters. The van der Waals surface area contributed by atoms with Crippen LogP contribution in [0.15, 0.2) is 48.5 Å². The van der Waals surface area contributed by atoms with Crippen LogP contribution in [0.3, 0.4) is 0 Å². The number of imide groups is 2. The van der Waals surface area contributed by atoms with E-state index in [1.165, 1.54) is 0 Å². The van der Waals surface area contributed by atoms with Crippen LogP contribution < -0.4 is 0 Å². The minimum absolute atomic E-state index is 0.345. The summed E-state index contributed by atoms with van der Waals surface area (Å²) < 4.78 is 1.13. The Hall–Kier alpha value is -3.06. The van der Waals surface area contributed by atoms with Crippen molar-refractivity contribution in [1.82, 2.24) is 9.47 Å². The van der Waals surface area contributed by atoms with Crippen molar-refractivity contribution in [3.8, 4) is 0 Å². The van der Waals surface area contributed by atoms with Gasteiger partial charge in [-0.2, -0.15) is 0 Å². The zero-order valence-corrected chi connectivity index (χ0v) is 15.1. The summed E-state index contributed by atoms with van der Waals surface area (Å²) in [5.41, 5.74) is 1.39. The molecule has 2 aliphatic heterocycles. The summed E-state index contributed by atoms with van der Waals surface area (Å²) in [4.78, 5) is 51.8. The monoisotopic (exact) mass is 362 g/mol. The first kappa shape index (κ1) is 16.4. The minimum Gasteiger partial charge on any atom is -0.302 e. The minimum atomic E-state index is -1.01. The van der Waals surface area contributed by atoms with Crippen molar-refractivity contribution in [2.45, 2.75) is 19.0 Å². The number of carbonyl (C=O) groups excluding carboxylic acids is 4. The van der Waals surface area contributed by atoms with Crippen LogP contribution in [0.5, 0.6) is 0 Å². The second-order valence-electron chi connectivity index (χ2n) is 6.65. The molecule has 2 aromatic carbocycles. The Morgan fingerprint density at radius 1 is 0.654 bits per heavy atom. The largest absolute Gasteiger partial charge is 0.302 e. The van der Waals surface area contributed by atoms with Crippen molar-refractivity contribution in [2.75, 3.05) is 0 Å². The molecule has 2 aromatic rings. The maximum Gasteiger partial charge on any atom is 0.261 e. The molecule has 7 heteroatoms. The Bertz CT molecular complexity index is 929. The summed E-state index contributed by atoms with van der Waals surface area (Å²) in [5.74, 6) is -1.60. The molecule has 2 aliphatic rings. The molecule has 2 radical (unpaired) electrons. The van der Waals surface area contributed by atoms with E-state index >= 15 is 0 Å². The Morgan fingerprint density at radius 3 is 1.38 bits per heavy atom. The molecule has 6 nitrogen and oxygen atoms in total. The molecule has 128 valence electrons. The smallest absolute Gasteiger partial charge is 0.261 e. The summed E-state index contributed by atoms with van der Waals surface area (Å²) in [6, 6.07) is 13.2. The predicted molar refractivity (Wildman–Crippen MR) is 93.7 cm³/mol. The first-order valence-electron chi connectivity index (χ1n) is 8.06. The van der Waals surface area contributed by atoms with Crippen LogP contribution in [0.1, 0.15) is 55.3 Å². The lowest BCUT2D eigenvalue weighted by molar-refractivity contribution is 0.0549. The van der Waals surface area contributed by atoms with Gasteiger partial charge >= 0.3 is 0 Å². The summed E-state index contributed by atoms with van der Waals surface area (Å²) in [5, 5.41) is -1.01. The standard InChI is InChI=1S/C19H14N2O4Si/c1-19(2,20-15(22)11-7-3-4-8-12(11)16(20)23)26-21-17(24)13-9-5-6-10-14(13)18(21)25/h3-10H,1-2H3. The van der Waals surface area contributed by atoms with Gasteiger partial charge in [0.25, 0.3) is 23.6 Å². The lowest BCUT2D eigenvalue weighted by Crippen LogP contribution is -2.57. The van der Waals surface area contributed by atoms with Gasteiger partial charge in [-0.15, -0.1) is 0 Å². The van der Waals surface area contributed by atoms with Crippen LogP contribution in [0.25, 0.3) is 0 Å². The Labute approximate surface area is 152 Å². The first-order chi connectivity index (χ1) is 12.3. The molecule has 0 fully saturated rings. The molecule has 0 saturated carbocycles. The average Bonchev–Trinajstić information content (AvgIpc) is 3.02. The van der Waals surface area contributed by atoms with Crippen LogP contribution in [0, 0.1) is 0 Å². The zero-order valence-electron chi connectivity index (χ0n) is 14.1. The molecule has 0 bridgehead atoms. The molecule has 2 heterocycles.